The van der Waals surface area contributed by atoms with Gasteiger partial charge < -0.3 is 9.64 Å². The lowest BCUT2D eigenvalue weighted by molar-refractivity contribution is -0.131. The first kappa shape index (κ1) is 16.0. The number of nitrogens with zero attached hydrogens (tertiary/aromatic N) is 1. The molecule has 19 heavy (non-hydrogen) atoms. The van der Waals surface area contributed by atoms with E-state index in [2.05, 4.69) is 15.9 Å². The summed E-state index contributed by atoms with van der Waals surface area (Å²) in [4.78, 5) is 13.8. The topological polar surface area (TPSA) is 29.5 Å². The number of hydrogen-bond acceptors (Lipinski definition) is 2. The average molecular weight is 328 g/mol. The molecule has 0 fully saturated rings. The lowest BCUT2D eigenvalue weighted by atomic mass is 10.2. The molecule has 106 valence electrons. The Morgan fingerprint density at radius 1 is 1.42 bits per heavy atom. The van der Waals surface area contributed by atoms with Crippen molar-refractivity contribution in [2.75, 3.05) is 25.0 Å². The van der Waals surface area contributed by atoms with Crippen LogP contribution in [-0.4, -0.2) is 35.8 Å². The summed E-state index contributed by atoms with van der Waals surface area (Å²) in [5.74, 6) is 0.993. The van der Waals surface area contributed by atoms with Crippen LogP contribution in [0.4, 0.5) is 0 Å². The Balaban J connectivity index is 2.33. The van der Waals surface area contributed by atoms with Gasteiger partial charge in [-0.2, -0.15) is 0 Å². The van der Waals surface area contributed by atoms with Crippen LogP contribution in [-0.2, 0) is 4.79 Å². The molecule has 0 bridgehead atoms. The maximum Gasteiger partial charge on any atom is 0.225 e. The lowest BCUT2D eigenvalue weighted by Gasteiger charge is -2.20. The number of aryl methyl sites for hydroxylation is 1. The number of benzene rings is 1. The van der Waals surface area contributed by atoms with Gasteiger partial charge in [0.15, 0.2) is 0 Å². The van der Waals surface area contributed by atoms with Crippen molar-refractivity contribution in [3.8, 4) is 5.75 Å². The monoisotopic (exact) mass is 327 g/mol. The number of halogens is 1. The van der Waals surface area contributed by atoms with Gasteiger partial charge in [0, 0.05) is 18.4 Å². The molecule has 0 spiro atoms. The Kier molecular flexibility index (Phi) is 7.56. The zero-order chi connectivity index (χ0) is 14.1. The number of amides is 1. The number of carbonyl (C=O) groups excluding carboxylic acids is 1. The van der Waals surface area contributed by atoms with E-state index < -0.39 is 0 Å². The van der Waals surface area contributed by atoms with Gasteiger partial charge in [-0.15, -0.1) is 0 Å². The molecule has 1 aromatic rings. The fourth-order valence-corrected chi connectivity index (χ4v) is 2.08. The molecule has 1 rings (SSSR count). The maximum absolute atomic E-state index is 12.0. The Labute approximate surface area is 124 Å². The third-order valence-electron chi connectivity index (χ3n) is 2.87. The molecule has 0 radical (unpaired) electrons. The van der Waals surface area contributed by atoms with Crippen molar-refractivity contribution >= 4 is 21.8 Å². The normalized spacial score (nSPS) is 10.3. The number of rotatable bonds is 8. The third kappa shape index (κ3) is 6.10. The van der Waals surface area contributed by atoms with Gasteiger partial charge in [0.2, 0.25) is 5.91 Å². The van der Waals surface area contributed by atoms with E-state index in [9.17, 15) is 4.79 Å². The van der Waals surface area contributed by atoms with Crippen molar-refractivity contribution < 1.29 is 9.53 Å². The predicted molar refractivity (Wildman–Crippen MR) is 82.0 cm³/mol. The summed E-state index contributed by atoms with van der Waals surface area (Å²) in [5.41, 5.74) is 1.16. The minimum Gasteiger partial charge on any atom is -0.493 e. The molecule has 0 aromatic heterocycles. The highest BCUT2D eigenvalue weighted by Gasteiger charge is 2.10. The van der Waals surface area contributed by atoms with Crippen LogP contribution in [0.15, 0.2) is 24.3 Å². The van der Waals surface area contributed by atoms with Crippen molar-refractivity contribution in [1.82, 2.24) is 4.90 Å². The fraction of sp³-hybridized carbons (Fsp3) is 0.533. The summed E-state index contributed by atoms with van der Waals surface area (Å²) in [6.07, 6.45) is 1.42. The largest absolute Gasteiger partial charge is 0.493 e. The summed E-state index contributed by atoms with van der Waals surface area (Å²) in [6, 6.07) is 7.88. The van der Waals surface area contributed by atoms with Crippen LogP contribution in [0.1, 0.15) is 25.3 Å². The van der Waals surface area contributed by atoms with Crippen LogP contribution in [0.3, 0.4) is 0 Å². The number of carbonyl (C=O) groups is 1. The van der Waals surface area contributed by atoms with Gasteiger partial charge in [-0.25, -0.2) is 0 Å². The molecular formula is C15H22BrNO2. The first-order chi connectivity index (χ1) is 9.17. The molecular weight excluding hydrogens is 306 g/mol. The molecule has 0 saturated heterocycles. The smallest absolute Gasteiger partial charge is 0.225 e. The quantitative estimate of drug-likeness (QED) is 0.685. The second-order valence-corrected chi connectivity index (χ2v) is 5.22. The molecule has 3 nitrogen and oxygen atoms in total. The second kappa shape index (κ2) is 8.97. The molecule has 0 N–H and O–H groups in total. The Morgan fingerprint density at radius 2 is 2.21 bits per heavy atom. The molecule has 0 heterocycles. The molecule has 4 heteroatoms. The first-order valence-corrected chi connectivity index (χ1v) is 7.82. The Morgan fingerprint density at radius 3 is 2.84 bits per heavy atom. The van der Waals surface area contributed by atoms with Gasteiger partial charge in [-0.1, -0.05) is 28.1 Å². The van der Waals surface area contributed by atoms with E-state index in [1.165, 1.54) is 0 Å². The SMILES string of the molecule is CCN(CCCBr)C(=O)CCOc1cccc(C)c1. The zero-order valence-electron chi connectivity index (χ0n) is 11.7. The number of alkyl halides is 1. The molecule has 0 saturated carbocycles. The standard InChI is InChI=1S/C15H22BrNO2/c1-3-17(10-5-9-16)15(18)8-11-19-14-7-4-6-13(2)12-14/h4,6-7,12H,3,5,8-11H2,1-2H3. The van der Waals surface area contributed by atoms with Gasteiger partial charge in [-0.05, 0) is 38.0 Å². The van der Waals surface area contributed by atoms with Crippen molar-refractivity contribution in [3.05, 3.63) is 29.8 Å². The van der Waals surface area contributed by atoms with Crippen molar-refractivity contribution in [3.63, 3.8) is 0 Å². The zero-order valence-corrected chi connectivity index (χ0v) is 13.3. The van der Waals surface area contributed by atoms with E-state index in [-0.39, 0.29) is 5.91 Å². The minimum absolute atomic E-state index is 0.163. The number of hydrogen-bond donors (Lipinski definition) is 0. The third-order valence-corrected chi connectivity index (χ3v) is 3.43. The van der Waals surface area contributed by atoms with E-state index in [1.807, 2.05) is 43.0 Å². The first-order valence-electron chi connectivity index (χ1n) is 6.70. The van der Waals surface area contributed by atoms with Gasteiger partial charge in [0.05, 0.1) is 13.0 Å². The molecule has 0 aliphatic rings. The summed E-state index contributed by atoms with van der Waals surface area (Å²) >= 11 is 3.38. The summed E-state index contributed by atoms with van der Waals surface area (Å²) in [7, 11) is 0. The highest BCUT2D eigenvalue weighted by Crippen LogP contribution is 2.12. The van der Waals surface area contributed by atoms with Gasteiger partial charge >= 0.3 is 0 Å². The molecule has 0 unspecified atom stereocenters. The van der Waals surface area contributed by atoms with Gasteiger partial charge in [-0.3, -0.25) is 4.79 Å². The fourth-order valence-electron chi connectivity index (χ4n) is 1.83. The van der Waals surface area contributed by atoms with Crippen LogP contribution in [0.5, 0.6) is 5.75 Å². The van der Waals surface area contributed by atoms with Crippen LogP contribution in [0.2, 0.25) is 0 Å². The van der Waals surface area contributed by atoms with Crippen molar-refractivity contribution in [1.29, 1.82) is 0 Å². The summed E-state index contributed by atoms with van der Waals surface area (Å²) in [6.45, 7) is 6.04. The molecule has 0 atom stereocenters. The minimum atomic E-state index is 0.163. The van der Waals surface area contributed by atoms with Crippen molar-refractivity contribution in [2.45, 2.75) is 26.7 Å². The van der Waals surface area contributed by atoms with Gasteiger partial charge in [0.1, 0.15) is 5.75 Å². The number of ether oxygens (including phenoxy) is 1. The molecule has 0 aliphatic heterocycles. The van der Waals surface area contributed by atoms with E-state index in [0.29, 0.717) is 13.0 Å². The summed E-state index contributed by atoms with van der Waals surface area (Å²) in [5, 5.41) is 0.927. The van der Waals surface area contributed by atoms with Crippen LogP contribution < -0.4 is 4.74 Å². The van der Waals surface area contributed by atoms with Crippen LogP contribution >= 0.6 is 15.9 Å². The highest BCUT2D eigenvalue weighted by molar-refractivity contribution is 9.09. The molecule has 1 amide bonds. The highest BCUT2D eigenvalue weighted by atomic mass is 79.9. The maximum atomic E-state index is 12.0. The van der Waals surface area contributed by atoms with Crippen LogP contribution in [0.25, 0.3) is 0 Å². The van der Waals surface area contributed by atoms with E-state index in [1.54, 1.807) is 0 Å². The van der Waals surface area contributed by atoms with Crippen LogP contribution in [0, 0.1) is 6.92 Å². The summed E-state index contributed by atoms with van der Waals surface area (Å²) < 4.78 is 5.60. The average Bonchev–Trinajstić information content (AvgIpc) is 2.39. The van der Waals surface area contributed by atoms with E-state index in [4.69, 9.17) is 4.74 Å². The Hall–Kier alpha value is -1.03. The van der Waals surface area contributed by atoms with Gasteiger partial charge in [0.25, 0.3) is 0 Å². The molecule has 1 aromatic carbocycles. The van der Waals surface area contributed by atoms with E-state index >= 15 is 0 Å². The predicted octanol–water partition coefficient (Wildman–Crippen LogP) is 3.40. The lowest BCUT2D eigenvalue weighted by Crippen LogP contribution is -2.32. The Bertz CT molecular complexity index is 395. The van der Waals surface area contributed by atoms with E-state index in [0.717, 1.165) is 36.2 Å². The van der Waals surface area contributed by atoms with Crippen molar-refractivity contribution in [2.24, 2.45) is 0 Å². The molecule has 0 aliphatic carbocycles. The second-order valence-electron chi connectivity index (χ2n) is 4.43.